The number of benzene rings is 2. The zero-order valence-corrected chi connectivity index (χ0v) is 21.4. The first-order valence-electron chi connectivity index (χ1n) is 11.1. The van der Waals surface area contributed by atoms with Crippen molar-refractivity contribution in [2.75, 3.05) is 26.7 Å². The van der Waals surface area contributed by atoms with E-state index in [2.05, 4.69) is 51.3 Å². The fourth-order valence-corrected chi connectivity index (χ4v) is 4.21. The molecule has 3 rings (SSSR count). The highest BCUT2D eigenvalue weighted by Crippen LogP contribution is 2.40. The van der Waals surface area contributed by atoms with Crippen LogP contribution in [0.2, 0.25) is 0 Å². The molecule has 0 unspecified atom stereocenters. The zero-order chi connectivity index (χ0) is 21.9. The number of hydrogen-bond donors (Lipinski definition) is 3. The number of amides is 1. The van der Waals surface area contributed by atoms with Gasteiger partial charge in [0.15, 0.2) is 12.6 Å². The van der Waals surface area contributed by atoms with Gasteiger partial charge in [0.1, 0.15) is 5.75 Å². The molecule has 0 saturated heterocycles. The van der Waals surface area contributed by atoms with Crippen LogP contribution in [-0.4, -0.2) is 38.6 Å². The molecular weight excluding hydrogens is 515 g/mol. The lowest BCUT2D eigenvalue weighted by molar-refractivity contribution is -0.122. The van der Waals surface area contributed by atoms with Crippen LogP contribution in [0, 0.1) is 0 Å². The third kappa shape index (κ3) is 7.39. The van der Waals surface area contributed by atoms with Crippen molar-refractivity contribution in [3.05, 3.63) is 65.7 Å². The highest BCUT2D eigenvalue weighted by atomic mass is 127. The molecule has 0 atom stereocenters. The minimum atomic E-state index is -0.116. The van der Waals surface area contributed by atoms with Crippen molar-refractivity contribution in [1.29, 1.82) is 0 Å². The Bertz CT molecular complexity index is 867. The Morgan fingerprint density at radius 2 is 1.78 bits per heavy atom. The summed E-state index contributed by atoms with van der Waals surface area (Å²) in [5.74, 6) is 1.35. The maximum absolute atomic E-state index is 11.6. The van der Waals surface area contributed by atoms with E-state index in [0.717, 1.165) is 18.1 Å². The number of likely N-dealkylation sites (N-methyl/N-ethyl adjacent to an activating group) is 1. The van der Waals surface area contributed by atoms with E-state index in [1.165, 1.54) is 31.2 Å². The lowest BCUT2D eigenvalue weighted by Crippen LogP contribution is -2.44. The summed E-state index contributed by atoms with van der Waals surface area (Å²) in [5.41, 5.74) is 2.65. The second kappa shape index (κ2) is 13.3. The summed E-state index contributed by atoms with van der Waals surface area (Å²) >= 11 is 0. The minimum Gasteiger partial charge on any atom is -0.484 e. The van der Waals surface area contributed by atoms with Crippen LogP contribution in [0.4, 0.5) is 0 Å². The molecule has 1 aliphatic carbocycles. The molecule has 1 aliphatic rings. The quantitative estimate of drug-likeness (QED) is 0.251. The van der Waals surface area contributed by atoms with E-state index in [1.807, 2.05) is 31.2 Å². The maximum Gasteiger partial charge on any atom is 0.257 e. The van der Waals surface area contributed by atoms with E-state index in [-0.39, 0.29) is 41.9 Å². The summed E-state index contributed by atoms with van der Waals surface area (Å²) in [6, 6.07) is 18.6. The number of ether oxygens (including phenoxy) is 1. The van der Waals surface area contributed by atoms with Crippen molar-refractivity contribution in [3.63, 3.8) is 0 Å². The van der Waals surface area contributed by atoms with Gasteiger partial charge in [-0.25, -0.2) is 0 Å². The van der Waals surface area contributed by atoms with Crippen molar-refractivity contribution in [2.24, 2.45) is 4.99 Å². The summed E-state index contributed by atoms with van der Waals surface area (Å²) in [6.45, 7) is 4.00. The van der Waals surface area contributed by atoms with Gasteiger partial charge in [-0.15, -0.1) is 24.0 Å². The standard InChI is InChI=1S/C25H34N4O2.HI/c1-3-27-23(30)18-31-22-13-9-10-20(16-22)17-28-24(26-2)29-19-25(14-7-8-15-25)21-11-5-4-6-12-21;/h4-6,9-13,16H,3,7-8,14-15,17-19H2,1-2H3,(H,27,30)(H2,26,28,29);1H. The summed E-state index contributed by atoms with van der Waals surface area (Å²) in [4.78, 5) is 16.0. The Balaban J connectivity index is 0.00000363. The van der Waals surface area contributed by atoms with Gasteiger partial charge in [0.05, 0.1) is 0 Å². The first-order chi connectivity index (χ1) is 15.1. The average Bonchev–Trinajstić information content (AvgIpc) is 3.29. The van der Waals surface area contributed by atoms with Gasteiger partial charge in [-0.2, -0.15) is 0 Å². The Morgan fingerprint density at radius 1 is 1.03 bits per heavy atom. The van der Waals surface area contributed by atoms with Crippen molar-refractivity contribution >= 4 is 35.8 Å². The van der Waals surface area contributed by atoms with E-state index >= 15 is 0 Å². The number of halogens is 1. The molecule has 0 spiro atoms. The van der Waals surface area contributed by atoms with Crippen LogP contribution in [-0.2, 0) is 16.8 Å². The second-order valence-corrected chi connectivity index (χ2v) is 8.02. The van der Waals surface area contributed by atoms with Gasteiger partial charge in [-0.05, 0) is 43.0 Å². The summed E-state index contributed by atoms with van der Waals surface area (Å²) in [7, 11) is 1.80. The van der Waals surface area contributed by atoms with Gasteiger partial charge in [-0.3, -0.25) is 9.79 Å². The van der Waals surface area contributed by atoms with Crippen molar-refractivity contribution in [1.82, 2.24) is 16.0 Å². The Labute approximate surface area is 208 Å². The van der Waals surface area contributed by atoms with Crippen LogP contribution in [0.25, 0.3) is 0 Å². The number of rotatable bonds is 9. The number of nitrogens with zero attached hydrogens (tertiary/aromatic N) is 1. The molecule has 0 aromatic heterocycles. The number of hydrogen-bond acceptors (Lipinski definition) is 3. The minimum absolute atomic E-state index is 0. The summed E-state index contributed by atoms with van der Waals surface area (Å²) < 4.78 is 5.59. The number of carbonyl (C=O) groups excluding carboxylic acids is 1. The van der Waals surface area contributed by atoms with Crippen molar-refractivity contribution in [2.45, 2.75) is 44.6 Å². The molecule has 0 heterocycles. The first-order valence-corrected chi connectivity index (χ1v) is 11.1. The van der Waals surface area contributed by atoms with Gasteiger partial charge >= 0.3 is 0 Å². The molecule has 1 saturated carbocycles. The van der Waals surface area contributed by atoms with Gasteiger partial charge in [0.25, 0.3) is 5.91 Å². The normalized spacial score (nSPS) is 14.9. The van der Waals surface area contributed by atoms with Gasteiger partial charge in [-0.1, -0.05) is 55.3 Å². The molecule has 32 heavy (non-hydrogen) atoms. The Kier molecular flexibility index (Phi) is 10.8. The molecule has 7 heteroatoms. The number of nitrogens with one attached hydrogen (secondary N) is 3. The van der Waals surface area contributed by atoms with Crippen molar-refractivity contribution < 1.29 is 9.53 Å². The molecule has 174 valence electrons. The van der Waals surface area contributed by atoms with Crippen LogP contribution in [0.15, 0.2) is 59.6 Å². The molecule has 6 nitrogen and oxygen atoms in total. The Hall–Kier alpha value is -2.29. The van der Waals surface area contributed by atoms with E-state index < -0.39 is 0 Å². The third-order valence-electron chi connectivity index (χ3n) is 5.87. The topological polar surface area (TPSA) is 74.8 Å². The monoisotopic (exact) mass is 550 g/mol. The fourth-order valence-electron chi connectivity index (χ4n) is 4.21. The lowest BCUT2D eigenvalue weighted by Gasteiger charge is -2.30. The molecule has 0 bridgehead atoms. The summed E-state index contributed by atoms with van der Waals surface area (Å²) in [6.07, 6.45) is 4.94. The van der Waals surface area contributed by atoms with Crippen LogP contribution < -0.4 is 20.7 Å². The average molecular weight is 550 g/mol. The molecule has 0 radical (unpaired) electrons. The molecule has 1 fully saturated rings. The molecule has 3 N–H and O–H groups in total. The predicted molar refractivity (Wildman–Crippen MR) is 141 cm³/mol. The fraction of sp³-hybridized carbons (Fsp3) is 0.440. The van der Waals surface area contributed by atoms with E-state index in [0.29, 0.717) is 18.8 Å². The van der Waals surface area contributed by atoms with E-state index in [1.54, 1.807) is 7.05 Å². The van der Waals surface area contributed by atoms with Gasteiger partial charge in [0.2, 0.25) is 0 Å². The van der Waals surface area contributed by atoms with Crippen LogP contribution >= 0.6 is 24.0 Å². The zero-order valence-electron chi connectivity index (χ0n) is 19.0. The highest BCUT2D eigenvalue weighted by molar-refractivity contribution is 14.0. The molecule has 0 aliphatic heterocycles. The molecule has 2 aromatic carbocycles. The SMILES string of the molecule is CCNC(=O)COc1cccc(CNC(=NC)NCC2(c3ccccc3)CCCC2)c1.I. The van der Waals surface area contributed by atoms with Crippen molar-refractivity contribution in [3.8, 4) is 5.75 Å². The number of aliphatic imine (C=N–C) groups is 1. The van der Waals surface area contributed by atoms with Crippen LogP contribution in [0.3, 0.4) is 0 Å². The van der Waals surface area contributed by atoms with Gasteiger partial charge in [0, 0.05) is 32.1 Å². The first kappa shape index (κ1) is 26.0. The third-order valence-corrected chi connectivity index (χ3v) is 5.87. The number of guanidine groups is 1. The number of carbonyl (C=O) groups is 1. The van der Waals surface area contributed by atoms with Crippen LogP contribution in [0.5, 0.6) is 5.75 Å². The predicted octanol–water partition coefficient (Wildman–Crippen LogP) is 4.00. The molecular formula is C25H35IN4O2. The lowest BCUT2D eigenvalue weighted by atomic mass is 9.79. The molecule has 1 amide bonds. The highest BCUT2D eigenvalue weighted by Gasteiger charge is 2.35. The maximum atomic E-state index is 11.6. The second-order valence-electron chi connectivity index (χ2n) is 8.02. The summed E-state index contributed by atoms with van der Waals surface area (Å²) in [5, 5.41) is 9.67. The largest absolute Gasteiger partial charge is 0.484 e. The van der Waals surface area contributed by atoms with E-state index in [9.17, 15) is 4.79 Å². The van der Waals surface area contributed by atoms with E-state index in [4.69, 9.17) is 4.74 Å². The van der Waals surface area contributed by atoms with Gasteiger partial charge < -0.3 is 20.7 Å². The Morgan fingerprint density at radius 3 is 2.47 bits per heavy atom. The smallest absolute Gasteiger partial charge is 0.257 e. The van der Waals surface area contributed by atoms with Crippen LogP contribution in [0.1, 0.15) is 43.7 Å². The molecule has 2 aromatic rings.